The molecule has 0 spiro atoms. The SMILES string of the molecule is CC(C)CC(=O)N(C)C(C[C@H](C)C/C=C/CCCCC#N)C(N)=O. The van der Waals surface area contributed by atoms with Gasteiger partial charge in [-0.2, -0.15) is 5.26 Å². The van der Waals surface area contributed by atoms with E-state index in [0.29, 0.717) is 19.3 Å². The minimum atomic E-state index is -0.546. The van der Waals surface area contributed by atoms with Crippen LogP contribution in [0, 0.1) is 23.2 Å². The molecule has 0 radical (unpaired) electrons. The van der Waals surface area contributed by atoms with Crippen molar-refractivity contribution in [1.82, 2.24) is 4.90 Å². The van der Waals surface area contributed by atoms with Gasteiger partial charge < -0.3 is 10.6 Å². The van der Waals surface area contributed by atoms with Crippen molar-refractivity contribution in [2.45, 2.75) is 71.8 Å². The lowest BCUT2D eigenvalue weighted by Gasteiger charge is -2.28. The van der Waals surface area contributed by atoms with Crippen LogP contribution >= 0.6 is 0 Å². The molecule has 0 saturated heterocycles. The second-order valence-electron chi connectivity index (χ2n) is 6.97. The monoisotopic (exact) mass is 335 g/mol. The molecule has 0 aliphatic heterocycles. The number of carbonyl (C=O) groups is 2. The highest BCUT2D eigenvalue weighted by atomic mass is 16.2. The molecule has 0 heterocycles. The summed E-state index contributed by atoms with van der Waals surface area (Å²) < 4.78 is 0. The summed E-state index contributed by atoms with van der Waals surface area (Å²) in [4.78, 5) is 25.4. The van der Waals surface area contributed by atoms with Crippen LogP contribution in [0.3, 0.4) is 0 Å². The lowest BCUT2D eigenvalue weighted by atomic mass is 9.96. The van der Waals surface area contributed by atoms with E-state index in [1.54, 1.807) is 7.05 Å². The van der Waals surface area contributed by atoms with Crippen LogP contribution in [0.15, 0.2) is 12.2 Å². The second-order valence-corrected chi connectivity index (χ2v) is 6.97. The number of unbranched alkanes of at least 4 members (excludes halogenated alkanes) is 3. The number of allylic oxidation sites excluding steroid dienone is 2. The third-order valence-electron chi connectivity index (χ3n) is 4.01. The maximum Gasteiger partial charge on any atom is 0.240 e. The van der Waals surface area contributed by atoms with Gasteiger partial charge in [-0.3, -0.25) is 9.59 Å². The lowest BCUT2D eigenvalue weighted by Crippen LogP contribution is -2.46. The zero-order chi connectivity index (χ0) is 18.5. The third kappa shape index (κ3) is 10.0. The predicted molar refractivity (Wildman–Crippen MR) is 96.8 cm³/mol. The summed E-state index contributed by atoms with van der Waals surface area (Å²) in [5.74, 6) is 0.0537. The lowest BCUT2D eigenvalue weighted by molar-refractivity contribution is -0.138. The van der Waals surface area contributed by atoms with E-state index in [-0.39, 0.29) is 17.7 Å². The van der Waals surface area contributed by atoms with Gasteiger partial charge in [0.25, 0.3) is 0 Å². The maximum absolute atomic E-state index is 12.1. The second kappa shape index (κ2) is 12.6. The Kier molecular flexibility index (Phi) is 11.6. The van der Waals surface area contributed by atoms with E-state index < -0.39 is 11.9 Å². The van der Waals surface area contributed by atoms with Crippen LogP contribution in [0.25, 0.3) is 0 Å². The van der Waals surface area contributed by atoms with Gasteiger partial charge in [-0.15, -0.1) is 0 Å². The summed E-state index contributed by atoms with van der Waals surface area (Å²) in [6.07, 6.45) is 9.64. The summed E-state index contributed by atoms with van der Waals surface area (Å²) in [6.45, 7) is 6.03. The average Bonchev–Trinajstić information content (AvgIpc) is 2.50. The normalized spacial score (nSPS) is 13.7. The minimum Gasteiger partial charge on any atom is -0.368 e. The van der Waals surface area contributed by atoms with Crippen molar-refractivity contribution in [2.24, 2.45) is 17.6 Å². The number of likely N-dealkylation sites (N-methyl/N-ethyl adjacent to an activating group) is 1. The molecule has 2 atom stereocenters. The Morgan fingerprint density at radius 1 is 1.21 bits per heavy atom. The quantitative estimate of drug-likeness (QED) is 0.438. The van der Waals surface area contributed by atoms with Gasteiger partial charge in [0, 0.05) is 19.9 Å². The summed E-state index contributed by atoms with van der Waals surface area (Å²) in [5.41, 5.74) is 5.50. The van der Waals surface area contributed by atoms with Crippen LogP contribution in [-0.2, 0) is 9.59 Å². The topological polar surface area (TPSA) is 87.2 Å². The Morgan fingerprint density at radius 2 is 1.88 bits per heavy atom. The molecule has 24 heavy (non-hydrogen) atoms. The van der Waals surface area contributed by atoms with Gasteiger partial charge in [0.15, 0.2) is 0 Å². The highest BCUT2D eigenvalue weighted by molar-refractivity contribution is 5.86. The molecule has 0 aromatic carbocycles. The van der Waals surface area contributed by atoms with Crippen molar-refractivity contribution in [3.8, 4) is 6.07 Å². The molecule has 0 rings (SSSR count). The molecule has 0 aliphatic rings. The zero-order valence-electron chi connectivity index (χ0n) is 15.6. The van der Waals surface area contributed by atoms with Crippen LogP contribution in [0.1, 0.15) is 65.7 Å². The molecule has 0 aromatic rings. The van der Waals surface area contributed by atoms with E-state index in [1.165, 1.54) is 4.90 Å². The Bertz CT molecular complexity index is 452. The van der Waals surface area contributed by atoms with Gasteiger partial charge >= 0.3 is 0 Å². The van der Waals surface area contributed by atoms with Crippen molar-refractivity contribution in [2.75, 3.05) is 7.05 Å². The number of hydrogen-bond donors (Lipinski definition) is 1. The molecule has 136 valence electrons. The smallest absolute Gasteiger partial charge is 0.240 e. The number of primary amides is 1. The molecule has 2 N–H and O–H groups in total. The van der Waals surface area contributed by atoms with Gasteiger partial charge in [-0.25, -0.2) is 0 Å². The van der Waals surface area contributed by atoms with Gasteiger partial charge in [0.2, 0.25) is 11.8 Å². The Balaban J connectivity index is 4.36. The summed E-state index contributed by atoms with van der Waals surface area (Å²) >= 11 is 0. The molecule has 2 amide bonds. The summed E-state index contributed by atoms with van der Waals surface area (Å²) in [7, 11) is 1.66. The van der Waals surface area contributed by atoms with Crippen molar-refractivity contribution < 1.29 is 9.59 Å². The zero-order valence-corrected chi connectivity index (χ0v) is 15.6. The van der Waals surface area contributed by atoms with E-state index in [9.17, 15) is 9.59 Å². The van der Waals surface area contributed by atoms with Crippen LogP contribution in [0.5, 0.6) is 0 Å². The van der Waals surface area contributed by atoms with Crippen LogP contribution in [-0.4, -0.2) is 29.8 Å². The van der Waals surface area contributed by atoms with Crippen LogP contribution < -0.4 is 5.73 Å². The first-order chi connectivity index (χ1) is 11.3. The molecule has 5 heteroatoms. The first kappa shape index (κ1) is 22.2. The van der Waals surface area contributed by atoms with Gasteiger partial charge in [-0.05, 0) is 43.9 Å². The van der Waals surface area contributed by atoms with Crippen LogP contribution in [0.2, 0.25) is 0 Å². The molecular weight excluding hydrogens is 302 g/mol. The highest BCUT2D eigenvalue weighted by Gasteiger charge is 2.26. The molecule has 0 fully saturated rings. The number of nitriles is 1. The number of carbonyl (C=O) groups excluding carboxylic acids is 2. The van der Waals surface area contributed by atoms with E-state index in [4.69, 9.17) is 11.0 Å². The third-order valence-corrected chi connectivity index (χ3v) is 4.01. The highest BCUT2D eigenvalue weighted by Crippen LogP contribution is 2.17. The van der Waals surface area contributed by atoms with E-state index in [0.717, 1.165) is 25.7 Å². The summed E-state index contributed by atoms with van der Waals surface area (Å²) in [5, 5.41) is 8.47. The number of nitrogens with zero attached hydrogens (tertiary/aromatic N) is 2. The fraction of sp³-hybridized carbons (Fsp3) is 0.737. The standard InChI is InChI=1S/C19H33N3O2/c1-15(2)13-18(23)22(4)17(19(21)24)14-16(3)11-9-7-5-6-8-10-12-20/h7,9,15-17H,5-6,8,10-11,13-14H2,1-4H3,(H2,21,24)/b9-7+/t16-,17?/m1/s1. The molecule has 5 nitrogen and oxygen atoms in total. The minimum absolute atomic E-state index is 0.0333. The largest absolute Gasteiger partial charge is 0.368 e. The molecule has 1 unspecified atom stereocenters. The Hall–Kier alpha value is -1.83. The Labute approximate surface area is 146 Å². The fourth-order valence-electron chi connectivity index (χ4n) is 2.52. The summed E-state index contributed by atoms with van der Waals surface area (Å²) in [6, 6.07) is 1.59. The van der Waals surface area contributed by atoms with Crippen molar-refractivity contribution in [3.63, 3.8) is 0 Å². The molecular formula is C19H33N3O2. The van der Waals surface area contributed by atoms with Crippen molar-refractivity contribution in [3.05, 3.63) is 12.2 Å². The Morgan fingerprint density at radius 3 is 2.42 bits per heavy atom. The van der Waals surface area contributed by atoms with Crippen LogP contribution in [0.4, 0.5) is 0 Å². The van der Waals surface area contributed by atoms with Gasteiger partial charge in [0.1, 0.15) is 6.04 Å². The van der Waals surface area contributed by atoms with Crippen molar-refractivity contribution >= 4 is 11.8 Å². The number of rotatable bonds is 12. The molecule has 0 aromatic heterocycles. The number of hydrogen-bond acceptors (Lipinski definition) is 3. The number of nitrogens with two attached hydrogens (primary N) is 1. The fourth-order valence-corrected chi connectivity index (χ4v) is 2.52. The van der Waals surface area contributed by atoms with Gasteiger partial charge in [-0.1, -0.05) is 32.9 Å². The van der Waals surface area contributed by atoms with E-state index >= 15 is 0 Å². The average molecular weight is 335 g/mol. The predicted octanol–water partition coefficient (Wildman–Crippen LogP) is 3.40. The first-order valence-corrected chi connectivity index (χ1v) is 8.86. The van der Waals surface area contributed by atoms with E-state index in [1.807, 2.05) is 13.8 Å². The van der Waals surface area contributed by atoms with E-state index in [2.05, 4.69) is 25.1 Å². The molecule has 0 bridgehead atoms. The molecule has 0 aliphatic carbocycles. The molecule has 0 saturated carbocycles. The maximum atomic E-state index is 12.1. The van der Waals surface area contributed by atoms with Gasteiger partial charge in [0.05, 0.1) is 6.07 Å². The first-order valence-electron chi connectivity index (χ1n) is 8.86. The van der Waals surface area contributed by atoms with Crippen molar-refractivity contribution in [1.29, 1.82) is 5.26 Å². The number of amides is 2.